The van der Waals surface area contributed by atoms with Crippen LogP contribution in [0.3, 0.4) is 0 Å². The van der Waals surface area contributed by atoms with E-state index in [1.807, 2.05) is 6.92 Å². The monoisotopic (exact) mass is 250 g/mol. The zero-order chi connectivity index (χ0) is 12.2. The molecule has 16 heavy (non-hydrogen) atoms. The molecule has 0 aromatic carbocycles. The van der Waals surface area contributed by atoms with Gasteiger partial charge in [-0.25, -0.2) is 0 Å². The van der Waals surface area contributed by atoms with Gasteiger partial charge < -0.3 is 13.8 Å². The van der Waals surface area contributed by atoms with Crippen LogP contribution in [0.15, 0.2) is 0 Å². The molecule has 1 rings (SSSR count). The Balaban J connectivity index is 2.79. The smallest absolute Gasteiger partial charge is 0.355 e. The van der Waals surface area contributed by atoms with Gasteiger partial charge in [0.1, 0.15) is 0 Å². The van der Waals surface area contributed by atoms with Crippen LogP contribution >= 0.6 is 7.60 Å². The Morgan fingerprint density at radius 2 is 1.88 bits per heavy atom. The third-order valence-electron chi connectivity index (χ3n) is 2.39. The third-order valence-corrected chi connectivity index (χ3v) is 4.61. The van der Waals surface area contributed by atoms with Crippen molar-refractivity contribution >= 4 is 13.4 Å². The SMILES string of the molecule is CCOP(=O)(OCC)C1O[C@@H](CC)CC1=O. The fourth-order valence-corrected chi connectivity index (χ4v) is 3.50. The number of carbonyl (C=O) groups is 1. The maximum absolute atomic E-state index is 12.3. The molecule has 0 amide bonds. The third kappa shape index (κ3) is 2.92. The van der Waals surface area contributed by atoms with E-state index in [4.69, 9.17) is 13.8 Å². The maximum atomic E-state index is 12.3. The first-order chi connectivity index (χ1) is 7.57. The largest absolute Gasteiger partial charge is 0.366 e. The van der Waals surface area contributed by atoms with Crippen LogP contribution in [0.4, 0.5) is 0 Å². The summed E-state index contributed by atoms with van der Waals surface area (Å²) in [6, 6.07) is 0. The first kappa shape index (κ1) is 13.8. The van der Waals surface area contributed by atoms with E-state index < -0.39 is 13.4 Å². The number of ketones is 1. The lowest BCUT2D eigenvalue weighted by atomic mass is 10.2. The Kier molecular flexibility index (Phi) is 5.12. The van der Waals surface area contributed by atoms with E-state index in [2.05, 4.69) is 0 Å². The molecule has 1 fully saturated rings. The highest BCUT2D eigenvalue weighted by atomic mass is 31.2. The van der Waals surface area contributed by atoms with Crippen LogP contribution in [0.1, 0.15) is 33.6 Å². The molecule has 0 saturated carbocycles. The van der Waals surface area contributed by atoms with Crippen molar-refractivity contribution in [3.63, 3.8) is 0 Å². The predicted molar refractivity (Wildman–Crippen MR) is 59.4 cm³/mol. The van der Waals surface area contributed by atoms with E-state index in [9.17, 15) is 9.36 Å². The molecular formula is C10H19O5P. The fraction of sp³-hybridized carbons (Fsp3) is 0.900. The number of rotatable bonds is 6. The summed E-state index contributed by atoms with van der Waals surface area (Å²) in [5.74, 6) is -1.21. The van der Waals surface area contributed by atoms with Gasteiger partial charge >= 0.3 is 7.60 Å². The lowest BCUT2D eigenvalue weighted by molar-refractivity contribution is -0.120. The fourth-order valence-electron chi connectivity index (χ4n) is 1.66. The van der Waals surface area contributed by atoms with E-state index in [1.54, 1.807) is 13.8 Å². The number of Topliss-reactive ketones (excluding diaryl/α,β-unsaturated/α-hetero) is 1. The molecule has 0 N–H and O–H groups in total. The normalized spacial score (nSPS) is 26.3. The minimum absolute atomic E-state index is 0.160. The molecular weight excluding hydrogens is 231 g/mol. The molecule has 5 nitrogen and oxygen atoms in total. The second kappa shape index (κ2) is 5.92. The van der Waals surface area contributed by atoms with Gasteiger partial charge in [0, 0.05) is 6.42 Å². The number of hydrogen-bond donors (Lipinski definition) is 0. The van der Waals surface area contributed by atoms with Gasteiger partial charge in [-0.15, -0.1) is 0 Å². The summed E-state index contributed by atoms with van der Waals surface area (Å²) in [6.45, 7) is 5.82. The minimum atomic E-state index is -3.45. The van der Waals surface area contributed by atoms with Gasteiger partial charge in [0.2, 0.25) is 5.85 Å². The Labute approximate surface area is 96.0 Å². The van der Waals surface area contributed by atoms with E-state index in [-0.39, 0.29) is 25.1 Å². The molecule has 6 heteroatoms. The highest BCUT2D eigenvalue weighted by Crippen LogP contribution is 2.56. The summed E-state index contributed by atoms with van der Waals surface area (Å²) in [5, 5.41) is 0. The summed E-state index contributed by atoms with van der Waals surface area (Å²) in [7, 11) is -3.45. The lowest BCUT2D eigenvalue weighted by Crippen LogP contribution is -2.19. The Hall–Kier alpha value is -0.220. The predicted octanol–water partition coefficient (Wildman–Crippen LogP) is 2.35. The van der Waals surface area contributed by atoms with Crippen LogP contribution < -0.4 is 0 Å². The second-order valence-electron chi connectivity index (χ2n) is 3.56. The van der Waals surface area contributed by atoms with Crippen LogP contribution in [0.2, 0.25) is 0 Å². The second-order valence-corrected chi connectivity index (χ2v) is 5.63. The van der Waals surface area contributed by atoms with Crippen molar-refractivity contribution < 1.29 is 23.1 Å². The van der Waals surface area contributed by atoms with Crippen molar-refractivity contribution in [3.8, 4) is 0 Å². The number of carbonyl (C=O) groups excluding carboxylic acids is 1. The molecule has 0 spiro atoms. The van der Waals surface area contributed by atoms with Crippen molar-refractivity contribution in [2.45, 2.75) is 45.6 Å². The summed E-state index contributed by atoms with van der Waals surface area (Å²) in [5.41, 5.74) is 0. The average molecular weight is 250 g/mol. The molecule has 1 aliphatic heterocycles. The van der Waals surface area contributed by atoms with Crippen LogP contribution in [0.25, 0.3) is 0 Å². The average Bonchev–Trinajstić information content (AvgIpc) is 2.61. The van der Waals surface area contributed by atoms with Gasteiger partial charge in [-0.2, -0.15) is 0 Å². The lowest BCUT2D eigenvalue weighted by Gasteiger charge is -2.21. The van der Waals surface area contributed by atoms with Crippen LogP contribution in [-0.2, 0) is 23.1 Å². The van der Waals surface area contributed by atoms with Crippen molar-refractivity contribution in [2.24, 2.45) is 0 Å². The van der Waals surface area contributed by atoms with Gasteiger partial charge in [-0.1, -0.05) is 6.92 Å². The van der Waals surface area contributed by atoms with E-state index in [1.165, 1.54) is 0 Å². The topological polar surface area (TPSA) is 61.8 Å². The highest BCUT2D eigenvalue weighted by Gasteiger charge is 2.47. The Morgan fingerprint density at radius 3 is 2.25 bits per heavy atom. The van der Waals surface area contributed by atoms with E-state index >= 15 is 0 Å². The molecule has 0 aliphatic carbocycles. The zero-order valence-electron chi connectivity index (χ0n) is 9.97. The first-order valence-electron chi connectivity index (χ1n) is 5.64. The molecule has 0 aromatic heterocycles. The zero-order valence-corrected chi connectivity index (χ0v) is 10.9. The van der Waals surface area contributed by atoms with Gasteiger partial charge in [0.25, 0.3) is 0 Å². The number of ether oxygens (including phenoxy) is 1. The Morgan fingerprint density at radius 1 is 1.31 bits per heavy atom. The first-order valence-corrected chi connectivity index (χ1v) is 7.25. The standard InChI is InChI=1S/C10H19O5P/c1-4-8-7-9(11)10(15-8)16(12,13-5-2)14-6-3/h8,10H,4-7H2,1-3H3/t8-,10?/m0/s1. The quantitative estimate of drug-likeness (QED) is 0.677. The minimum Gasteiger partial charge on any atom is -0.355 e. The molecule has 1 heterocycles. The number of hydrogen-bond acceptors (Lipinski definition) is 5. The molecule has 0 radical (unpaired) electrons. The molecule has 94 valence electrons. The van der Waals surface area contributed by atoms with Crippen molar-refractivity contribution in [3.05, 3.63) is 0 Å². The van der Waals surface area contributed by atoms with Crippen LogP contribution in [0, 0.1) is 0 Å². The van der Waals surface area contributed by atoms with Crippen LogP contribution in [-0.4, -0.2) is 30.9 Å². The summed E-state index contributed by atoms with van der Waals surface area (Å²) < 4.78 is 27.9. The highest BCUT2D eigenvalue weighted by molar-refractivity contribution is 7.55. The van der Waals surface area contributed by atoms with Crippen LogP contribution in [0.5, 0.6) is 0 Å². The summed E-state index contributed by atoms with van der Waals surface area (Å²) in [4.78, 5) is 11.7. The molecule has 0 bridgehead atoms. The molecule has 1 unspecified atom stereocenters. The Bertz CT molecular complexity index is 281. The van der Waals surface area contributed by atoms with Crippen molar-refractivity contribution in [1.82, 2.24) is 0 Å². The molecule has 1 aliphatic rings. The van der Waals surface area contributed by atoms with E-state index in [0.717, 1.165) is 6.42 Å². The summed E-state index contributed by atoms with van der Waals surface area (Å²) in [6.07, 6.45) is 0.859. The molecule has 0 aromatic rings. The molecule has 1 saturated heterocycles. The van der Waals surface area contributed by atoms with Gasteiger partial charge in [-0.3, -0.25) is 9.36 Å². The van der Waals surface area contributed by atoms with Gasteiger partial charge in [-0.05, 0) is 20.3 Å². The van der Waals surface area contributed by atoms with Gasteiger partial charge in [0.05, 0.1) is 19.3 Å². The van der Waals surface area contributed by atoms with Gasteiger partial charge in [0.15, 0.2) is 5.78 Å². The molecule has 2 atom stereocenters. The van der Waals surface area contributed by atoms with Crippen molar-refractivity contribution in [2.75, 3.05) is 13.2 Å². The van der Waals surface area contributed by atoms with Crippen molar-refractivity contribution in [1.29, 1.82) is 0 Å². The maximum Gasteiger partial charge on any atom is 0.366 e. The summed E-state index contributed by atoms with van der Waals surface area (Å²) >= 11 is 0. The van der Waals surface area contributed by atoms with E-state index in [0.29, 0.717) is 6.42 Å².